The van der Waals surface area contributed by atoms with Crippen LogP contribution >= 0.6 is 22.9 Å². The van der Waals surface area contributed by atoms with E-state index in [0.717, 1.165) is 17.4 Å². The number of aromatic carboxylic acids is 1. The summed E-state index contributed by atoms with van der Waals surface area (Å²) >= 11 is 6.53. The third-order valence-electron chi connectivity index (χ3n) is 2.41. The van der Waals surface area contributed by atoms with Gasteiger partial charge >= 0.3 is 5.97 Å². The van der Waals surface area contributed by atoms with E-state index in [-0.39, 0.29) is 25.4 Å². The number of hydrogen-bond donors (Lipinski definition) is 2. The molecule has 0 aliphatic rings. The van der Waals surface area contributed by atoms with Crippen molar-refractivity contribution in [1.82, 2.24) is 0 Å². The van der Waals surface area contributed by atoms with Crippen LogP contribution in [0.15, 0.2) is 34.5 Å². The number of nitrogens with one attached hydrogen (secondary N) is 1. The third-order valence-corrected chi connectivity index (χ3v) is 5.60. The topological polar surface area (TPSA) is 107 Å². The second-order valence-electron chi connectivity index (χ2n) is 3.84. The van der Waals surface area contributed by atoms with Gasteiger partial charge in [0.25, 0.3) is 10.0 Å². The molecule has 0 atom stereocenters. The first kappa shape index (κ1) is 15.3. The number of nitrogens with zero attached hydrogens (tertiary/aromatic N) is 1. The highest BCUT2D eigenvalue weighted by atomic mass is 35.5. The van der Waals surface area contributed by atoms with Crippen molar-refractivity contribution in [2.75, 3.05) is 4.72 Å². The van der Waals surface area contributed by atoms with Crippen molar-refractivity contribution in [3.63, 3.8) is 0 Å². The molecule has 0 aliphatic carbocycles. The van der Waals surface area contributed by atoms with Gasteiger partial charge in [-0.2, -0.15) is 5.26 Å². The Morgan fingerprint density at radius 1 is 1.33 bits per heavy atom. The van der Waals surface area contributed by atoms with Gasteiger partial charge in [0.05, 0.1) is 10.6 Å². The quantitative estimate of drug-likeness (QED) is 0.888. The van der Waals surface area contributed by atoms with Gasteiger partial charge in [-0.1, -0.05) is 11.6 Å². The summed E-state index contributed by atoms with van der Waals surface area (Å²) in [6.07, 6.45) is 0. The van der Waals surface area contributed by atoms with E-state index >= 15 is 0 Å². The summed E-state index contributed by atoms with van der Waals surface area (Å²) in [6, 6.07) is 8.31. The number of carboxylic acids is 1. The molecule has 108 valence electrons. The average Bonchev–Trinajstić information content (AvgIpc) is 2.90. The van der Waals surface area contributed by atoms with Crippen LogP contribution in [0.2, 0.25) is 5.02 Å². The highest BCUT2D eigenvalue weighted by Gasteiger charge is 2.18. The van der Waals surface area contributed by atoms with Crippen molar-refractivity contribution in [2.24, 2.45) is 0 Å². The molecule has 0 amide bonds. The van der Waals surface area contributed by atoms with Crippen LogP contribution in [0.25, 0.3) is 0 Å². The summed E-state index contributed by atoms with van der Waals surface area (Å²) < 4.78 is 26.4. The Bertz CT molecular complexity index is 852. The van der Waals surface area contributed by atoms with Crippen LogP contribution in [0, 0.1) is 11.3 Å². The molecule has 0 saturated heterocycles. The molecule has 1 heterocycles. The minimum Gasteiger partial charge on any atom is -0.478 e. The smallest absolute Gasteiger partial charge is 0.337 e. The predicted octanol–water partition coefficient (Wildman–Crippen LogP) is 2.77. The van der Waals surface area contributed by atoms with Crippen LogP contribution in [0.3, 0.4) is 0 Å². The Kier molecular flexibility index (Phi) is 4.18. The second kappa shape index (κ2) is 5.73. The van der Waals surface area contributed by atoms with Crippen molar-refractivity contribution in [3.05, 3.63) is 45.8 Å². The number of halogens is 1. The van der Waals surface area contributed by atoms with Crippen LogP contribution in [0.5, 0.6) is 0 Å². The van der Waals surface area contributed by atoms with E-state index in [1.807, 2.05) is 6.07 Å². The van der Waals surface area contributed by atoms with Crippen LogP contribution in [-0.4, -0.2) is 19.5 Å². The second-order valence-corrected chi connectivity index (χ2v) is 7.24. The highest BCUT2D eigenvalue weighted by Crippen LogP contribution is 2.26. The molecule has 2 aromatic rings. The number of anilines is 1. The molecule has 0 radical (unpaired) electrons. The fourth-order valence-electron chi connectivity index (χ4n) is 1.48. The lowest BCUT2D eigenvalue weighted by Crippen LogP contribution is -2.12. The zero-order valence-electron chi connectivity index (χ0n) is 10.2. The summed E-state index contributed by atoms with van der Waals surface area (Å²) in [5.74, 6) is -1.26. The standard InChI is InChI=1S/C12H7ClN2O4S2/c13-10-3-1-7(5-9(10)12(16)17)15-21(18,19)11-4-2-8(6-14)20-11/h1-5,15H,(H,16,17). The molecular weight excluding hydrogens is 336 g/mol. The Labute approximate surface area is 129 Å². The molecule has 0 unspecified atom stereocenters. The predicted molar refractivity (Wildman–Crippen MR) is 78.3 cm³/mol. The molecule has 1 aromatic carbocycles. The van der Waals surface area contributed by atoms with Crippen molar-refractivity contribution < 1.29 is 18.3 Å². The van der Waals surface area contributed by atoms with Crippen molar-refractivity contribution in [2.45, 2.75) is 4.21 Å². The lowest BCUT2D eigenvalue weighted by atomic mass is 10.2. The van der Waals surface area contributed by atoms with Gasteiger partial charge in [-0.05, 0) is 30.3 Å². The maximum absolute atomic E-state index is 12.1. The number of sulfonamides is 1. The first-order valence-corrected chi connectivity index (χ1v) is 8.07. The highest BCUT2D eigenvalue weighted by molar-refractivity contribution is 7.94. The third kappa shape index (κ3) is 3.33. The maximum atomic E-state index is 12.1. The molecule has 0 spiro atoms. The van der Waals surface area contributed by atoms with E-state index in [9.17, 15) is 13.2 Å². The molecule has 9 heteroatoms. The van der Waals surface area contributed by atoms with E-state index in [4.69, 9.17) is 22.0 Å². The molecule has 1 aromatic heterocycles. The Hall–Kier alpha value is -2.08. The van der Waals surface area contributed by atoms with Crippen molar-refractivity contribution in [3.8, 4) is 6.07 Å². The normalized spacial score (nSPS) is 10.9. The molecule has 0 fully saturated rings. The number of nitriles is 1. The summed E-state index contributed by atoms with van der Waals surface area (Å²) in [5.41, 5.74) is -0.135. The molecule has 6 nitrogen and oxygen atoms in total. The minimum absolute atomic E-state index is 0.00772. The molecular formula is C12H7ClN2O4S2. The summed E-state index contributed by atoms with van der Waals surface area (Å²) in [6.45, 7) is 0. The van der Waals surface area contributed by atoms with Crippen LogP contribution in [0.4, 0.5) is 5.69 Å². The average molecular weight is 343 g/mol. The van der Waals surface area contributed by atoms with Crippen molar-refractivity contribution in [1.29, 1.82) is 5.26 Å². The Balaban J connectivity index is 2.35. The number of thiophene rings is 1. The molecule has 2 rings (SSSR count). The fraction of sp³-hybridized carbons (Fsp3) is 0. The number of benzene rings is 1. The van der Waals surface area contributed by atoms with Gasteiger partial charge in [-0.25, -0.2) is 13.2 Å². The van der Waals surface area contributed by atoms with Crippen LogP contribution < -0.4 is 4.72 Å². The molecule has 0 saturated carbocycles. The van der Waals surface area contributed by atoms with E-state index in [2.05, 4.69) is 4.72 Å². The lowest BCUT2D eigenvalue weighted by Gasteiger charge is -2.07. The van der Waals surface area contributed by atoms with Gasteiger partial charge in [-0.3, -0.25) is 4.72 Å². The number of carboxylic acid groups (broad SMARTS) is 1. The maximum Gasteiger partial charge on any atom is 0.337 e. The Morgan fingerprint density at radius 3 is 2.62 bits per heavy atom. The van der Waals surface area contributed by atoms with Gasteiger partial charge < -0.3 is 5.11 Å². The number of rotatable bonds is 4. The van der Waals surface area contributed by atoms with Gasteiger partial charge in [0, 0.05) is 5.69 Å². The van der Waals surface area contributed by atoms with Gasteiger partial charge in [0.2, 0.25) is 0 Å². The first-order chi connectivity index (χ1) is 9.83. The van der Waals surface area contributed by atoms with E-state index in [1.165, 1.54) is 24.3 Å². The fourth-order valence-corrected chi connectivity index (χ4v) is 3.83. The van der Waals surface area contributed by atoms with E-state index < -0.39 is 16.0 Å². The molecule has 2 N–H and O–H groups in total. The Morgan fingerprint density at radius 2 is 2.05 bits per heavy atom. The zero-order valence-corrected chi connectivity index (χ0v) is 12.6. The summed E-state index contributed by atoms with van der Waals surface area (Å²) in [5, 5.41) is 17.7. The number of hydrogen-bond acceptors (Lipinski definition) is 5. The van der Waals surface area contributed by atoms with Crippen molar-refractivity contribution >= 4 is 44.6 Å². The monoisotopic (exact) mass is 342 g/mol. The first-order valence-electron chi connectivity index (χ1n) is 5.39. The van der Waals surface area contributed by atoms with Crippen LogP contribution in [-0.2, 0) is 10.0 Å². The largest absolute Gasteiger partial charge is 0.478 e. The minimum atomic E-state index is -3.88. The van der Waals surface area contributed by atoms with Crippen LogP contribution in [0.1, 0.15) is 15.2 Å². The lowest BCUT2D eigenvalue weighted by molar-refractivity contribution is 0.0697. The zero-order chi connectivity index (χ0) is 15.6. The van der Waals surface area contributed by atoms with E-state index in [1.54, 1.807) is 0 Å². The molecule has 0 bridgehead atoms. The number of carbonyl (C=O) groups is 1. The SMILES string of the molecule is N#Cc1ccc(S(=O)(=O)Nc2ccc(Cl)c(C(=O)O)c2)s1. The summed E-state index contributed by atoms with van der Waals surface area (Å²) in [4.78, 5) is 11.2. The van der Waals surface area contributed by atoms with E-state index in [0.29, 0.717) is 0 Å². The molecule has 21 heavy (non-hydrogen) atoms. The molecule has 0 aliphatic heterocycles. The van der Waals surface area contributed by atoms with Gasteiger partial charge in [0.15, 0.2) is 0 Å². The van der Waals surface area contributed by atoms with Gasteiger partial charge in [0.1, 0.15) is 15.2 Å². The summed E-state index contributed by atoms with van der Waals surface area (Å²) in [7, 11) is -3.88. The van der Waals surface area contributed by atoms with Gasteiger partial charge in [-0.15, -0.1) is 11.3 Å².